The van der Waals surface area contributed by atoms with Gasteiger partial charge in [0.1, 0.15) is 4.83 Å². The molecular weight excluding hydrogens is 442 g/mol. The predicted octanol–water partition coefficient (Wildman–Crippen LogP) is 3.87. The van der Waals surface area contributed by atoms with E-state index in [0.717, 1.165) is 27.1 Å². The smallest absolute Gasteiger partial charge is 0.262 e. The molecule has 6 nitrogen and oxygen atoms in total. The van der Waals surface area contributed by atoms with Gasteiger partial charge in [-0.2, -0.15) is 4.31 Å². The van der Waals surface area contributed by atoms with Crippen molar-refractivity contribution in [3.63, 3.8) is 0 Å². The maximum atomic E-state index is 13.3. The summed E-state index contributed by atoms with van der Waals surface area (Å²) in [6, 6.07) is 15.0. The molecule has 1 aliphatic heterocycles. The van der Waals surface area contributed by atoms with Crippen LogP contribution in [0.4, 0.5) is 0 Å². The highest BCUT2D eigenvalue weighted by Crippen LogP contribution is 2.34. The summed E-state index contributed by atoms with van der Waals surface area (Å²) in [5.74, 6) is 0. The van der Waals surface area contributed by atoms with E-state index in [0.29, 0.717) is 34.6 Å². The standard InChI is InChI=1S/C24H23N3O3S2/c1-16-6-8-19(9-7-16)32(29,30)27-11-10-20-21(14-27)31-23-22(20)24(28)26(15-25-23)13-18-5-3-4-17(2)12-18/h3-9,12,15H,10-11,13-14H2,1-2H3. The first-order chi connectivity index (χ1) is 15.3. The molecule has 32 heavy (non-hydrogen) atoms. The second kappa shape index (κ2) is 7.95. The maximum Gasteiger partial charge on any atom is 0.262 e. The second-order valence-electron chi connectivity index (χ2n) is 8.25. The minimum atomic E-state index is -3.59. The monoisotopic (exact) mass is 465 g/mol. The Morgan fingerprint density at radius 1 is 1.06 bits per heavy atom. The van der Waals surface area contributed by atoms with E-state index in [9.17, 15) is 13.2 Å². The maximum absolute atomic E-state index is 13.3. The summed E-state index contributed by atoms with van der Waals surface area (Å²) in [4.78, 5) is 19.7. The summed E-state index contributed by atoms with van der Waals surface area (Å²) in [7, 11) is -3.59. The quantitative estimate of drug-likeness (QED) is 0.459. The molecule has 2 aromatic heterocycles. The first-order valence-corrected chi connectivity index (χ1v) is 12.7. The Hall–Kier alpha value is -2.81. The molecule has 0 aliphatic carbocycles. The first-order valence-electron chi connectivity index (χ1n) is 10.4. The molecule has 4 aromatic rings. The topological polar surface area (TPSA) is 72.3 Å². The van der Waals surface area contributed by atoms with Gasteiger partial charge in [-0.05, 0) is 43.5 Å². The zero-order valence-corrected chi connectivity index (χ0v) is 19.5. The molecule has 0 radical (unpaired) electrons. The van der Waals surface area contributed by atoms with E-state index in [1.807, 2.05) is 44.2 Å². The third-order valence-electron chi connectivity index (χ3n) is 5.89. The van der Waals surface area contributed by atoms with Crippen molar-refractivity contribution in [2.75, 3.05) is 6.54 Å². The molecule has 0 saturated heterocycles. The summed E-state index contributed by atoms with van der Waals surface area (Å²) in [5.41, 5.74) is 4.09. The largest absolute Gasteiger partial charge is 0.294 e. The van der Waals surface area contributed by atoms with E-state index >= 15 is 0 Å². The van der Waals surface area contributed by atoms with Gasteiger partial charge in [0, 0.05) is 18.0 Å². The molecular formula is C24H23N3O3S2. The zero-order chi connectivity index (χ0) is 22.5. The Balaban J connectivity index is 1.49. The van der Waals surface area contributed by atoms with Crippen molar-refractivity contribution in [1.82, 2.24) is 13.9 Å². The van der Waals surface area contributed by atoms with Crippen LogP contribution >= 0.6 is 11.3 Å². The molecule has 0 bridgehead atoms. The van der Waals surface area contributed by atoms with Crippen LogP contribution in [0.25, 0.3) is 10.2 Å². The Bertz CT molecular complexity index is 1490. The van der Waals surface area contributed by atoms with E-state index in [2.05, 4.69) is 11.1 Å². The van der Waals surface area contributed by atoms with Crippen LogP contribution in [0, 0.1) is 13.8 Å². The number of aryl methyl sites for hydroxylation is 2. The Kier molecular flexibility index (Phi) is 5.23. The van der Waals surface area contributed by atoms with Gasteiger partial charge < -0.3 is 0 Å². The number of hydrogen-bond donors (Lipinski definition) is 0. The van der Waals surface area contributed by atoms with Crippen molar-refractivity contribution in [1.29, 1.82) is 0 Å². The Morgan fingerprint density at radius 3 is 2.59 bits per heavy atom. The molecule has 0 atom stereocenters. The van der Waals surface area contributed by atoms with Crippen molar-refractivity contribution in [2.45, 2.75) is 38.3 Å². The lowest BCUT2D eigenvalue weighted by atomic mass is 10.1. The van der Waals surface area contributed by atoms with E-state index in [-0.39, 0.29) is 12.1 Å². The fraction of sp³-hybridized carbons (Fsp3) is 0.250. The second-order valence-corrected chi connectivity index (χ2v) is 11.3. The number of aromatic nitrogens is 2. The molecule has 8 heteroatoms. The van der Waals surface area contributed by atoms with E-state index in [1.54, 1.807) is 23.0 Å². The number of fused-ring (bicyclic) bond motifs is 3. The van der Waals surface area contributed by atoms with Crippen molar-refractivity contribution in [3.05, 3.63) is 92.3 Å². The van der Waals surface area contributed by atoms with Crippen molar-refractivity contribution in [3.8, 4) is 0 Å². The molecule has 0 N–H and O–H groups in total. The van der Waals surface area contributed by atoms with Crippen LogP contribution in [0.3, 0.4) is 0 Å². The Labute approximate surface area is 190 Å². The fourth-order valence-electron chi connectivity index (χ4n) is 4.18. The van der Waals surface area contributed by atoms with Crippen LogP contribution in [0.1, 0.15) is 27.1 Å². The third kappa shape index (κ3) is 3.68. The van der Waals surface area contributed by atoms with Crippen molar-refractivity contribution in [2.24, 2.45) is 0 Å². The number of thiophene rings is 1. The SMILES string of the molecule is Cc1ccc(S(=O)(=O)N2CCc3c(sc4ncn(Cc5cccc(C)c5)c(=O)c34)C2)cc1. The fourth-order valence-corrected chi connectivity index (χ4v) is 6.86. The van der Waals surface area contributed by atoms with Crippen LogP contribution in [0.15, 0.2) is 64.5 Å². The van der Waals surface area contributed by atoms with Gasteiger partial charge in [0.2, 0.25) is 10.0 Å². The molecule has 1 aliphatic rings. The molecule has 164 valence electrons. The van der Waals surface area contributed by atoms with Gasteiger partial charge in [0.25, 0.3) is 5.56 Å². The summed E-state index contributed by atoms with van der Waals surface area (Å²) < 4.78 is 29.4. The van der Waals surface area contributed by atoms with Gasteiger partial charge in [-0.25, -0.2) is 13.4 Å². The van der Waals surface area contributed by atoms with E-state index in [1.165, 1.54) is 15.6 Å². The van der Waals surface area contributed by atoms with E-state index < -0.39 is 10.0 Å². The minimum absolute atomic E-state index is 0.0659. The molecule has 0 amide bonds. The van der Waals surface area contributed by atoms with E-state index in [4.69, 9.17) is 0 Å². The molecule has 0 spiro atoms. The Morgan fingerprint density at radius 2 is 1.84 bits per heavy atom. The summed E-state index contributed by atoms with van der Waals surface area (Å²) in [6.45, 7) is 5.03. The average molecular weight is 466 g/mol. The normalized spacial score (nSPS) is 14.6. The van der Waals surface area contributed by atoms with Crippen LogP contribution in [-0.2, 0) is 29.5 Å². The summed E-state index contributed by atoms with van der Waals surface area (Å²) in [5, 5.41) is 0.632. The van der Waals surface area contributed by atoms with Gasteiger partial charge >= 0.3 is 0 Å². The number of hydrogen-bond acceptors (Lipinski definition) is 5. The summed E-state index contributed by atoms with van der Waals surface area (Å²) >= 11 is 1.42. The predicted molar refractivity (Wildman–Crippen MR) is 127 cm³/mol. The third-order valence-corrected chi connectivity index (χ3v) is 8.87. The van der Waals surface area contributed by atoms with Crippen LogP contribution in [0.5, 0.6) is 0 Å². The zero-order valence-electron chi connectivity index (χ0n) is 17.9. The van der Waals surface area contributed by atoms with Gasteiger partial charge in [0.05, 0.1) is 23.2 Å². The number of nitrogens with zero attached hydrogens (tertiary/aromatic N) is 3. The van der Waals surface area contributed by atoms with Crippen molar-refractivity contribution < 1.29 is 8.42 Å². The highest BCUT2D eigenvalue weighted by atomic mass is 32.2. The van der Waals surface area contributed by atoms with Gasteiger partial charge in [-0.15, -0.1) is 11.3 Å². The average Bonchev–Trinajstić information content (AvgIpc) is 3.14. The molecule has 3 heterocycles. The number of benzene rings is 2. The molecule has 0 saturated carbocycles. The van der Waals surface area contributed by atoms with Gasteiger partial charge in [-0.1, -0.05) is 47.5 Å². The highest BCUT2D eigenvalue weighted by Gasteiger charge is 2.31. The molecule has 5 rings (SSSR count). The first kappa shape index (κ1) is 21.1. The number of sulfonamides is 1. The van der Waals surface area contributed by atoms with Crippen molar-refractivity contribution >= 4 is 31.6 Å². The van der Waals surface area contributed by atoms with Crippen LogP contribution in [-0.4, -0.2) is 28.8 Å². The molecule has 0 fully saturated rings. The van der Waals surface area contributed by atoms with Gasteiger partial charge in [-0.3, -0.25) is 9.36 Å². The minimum Gasteiger partial charge on any atom is -0.294 e. The van der Waals surface area contributed by atoms with Crippen LogP contribution in [0.2, 0.25) is 0 Å². The van der Waals surface area contributed by atoms with Crippen LogP contribution < -0.4 is 5.56 Å². The lowest BCUT2D eigenvalue weighted by molar-refractivity contribution is 0.396. The molecule has 0 unspecified atom stereocenters. The number of rotatable bonds is 4. The van der Waals surface area contributed by atoms with Gasteiger partial charge in [0.15, 0.2) is 0 Å². The lowest BCUT2D eigenvalue weighted by Crippen LogP contribution is -2.35. The molecule has 2 aromatic carbocycles. The highest BCUT2D eigenvalue weighted by molar-refractivity contribution is 7.89. The summed E-state index contributed by atoms with van der Waals surface area (Å²) in [6.07, 6.45) is 2.10. The lowest BCUT2D eigenvalue weighted by Gasteiger charge is -2.26.